The van der Waals surface area contributed by atoms with Gasteiger partial charge in [-0.2, -0.15) is 0 Å². The molecule has 0 aliphatic carbocycles. The Bertz CT molecular complexity index is 275. The highest BCUT2D eigenvalue weighted by Crippen LogP contribution is 2.41. The molecule has 2 rings (SSSR count). The summed E-state index contributed by atoms with van der Waals surface area (Å²) in [7, 11) is 2.26. The van der Waals surface area contributed by atoms with Crippen molar-refractivity contribution in [3.63, 3.8) is 0 Å². The molecule has 1 unspecified atom stereocenters. The first-order chi connectivity index (χ1) is 10.2. The van der Waals surface area contributed by atoms with Gasteiger partial charge in [0.1, 0.15) is 0 Å². The average molecular weight is 295 g/mol. The highest BCUT2D eigenvalue weighted by Gasteiger charge is 2.51. The summed E-state index contributed by atoms with van der Waals surface area (Å²) in [5, 5.41) is 0. The van der Waals surface area contributed by atoms with Crippen molar-refractivity contribution in [1.29, 1.82) is 0 Å². The fourth-order valence-corrected chi connectivity index (χ4v) is 4.50. The lowest BCUT2D eigenvalue weighted by Crippen LogP contribution is -2.72. The van der Waals surface area contributed by atoms with Crippen LogP contribution in [0.1, 0.15) is 78.1 Å². The first-order valence-corrected chi connectivity index (χ1v) is 9.62. The quantitative estimate of drug-likeness (QED) is 0.516. The summed E-state index contributed by atoms with van der Waals surface area (Å²) < 4.78 is 0. The van der Waals surface area contributed by atoms with Crippen molar-refractivity contribution in [2.24, 2.45) is 5.41 Å². The van der Waals surface area contributed by atoms with Crippen molar-refractivity contribution in [3.05, 3.63) is 0 Å². The second-order valence-corrected chi connectivity index (χ2v) is 7.93. The topological polar surface area (TPSA) is 6.48 Å². The summed E-state index contributed by atoms with van der Waals surface area (Å²) in [6.45, 7) is 10.1. The maximum Gasteiger partial charge on any atom is 0.0212 e. The Labute approximate surface area is 133 Å². The van der Waals surface area contributed by atoms with E-state index in [1.165, 1.54) is 90.4 Å². The molecule has 2 aliphatic heterocycles. The molecule has 2 heteroatoms. The molecule has 0 N–H and O–H groups in total. The molecule has 0 amide bonds. The molecule has 21 heavy (non-hydrogen) atoms. The largest absolute Gasteiger partial charge is 0.305 e. The van der Waals surface area contributed by atoms with Gasteiger partial charge >= 0.3 is 0 Å². The third-order valence-corrected chi connectivity index (χ3v) is 5.59. The molecule has 2 heterocycles. The van der Waals surface area contributed by atoms with E-state index in [-0.39, 0.29) is 0 Å². The van der Waals surface area contributed by atoms with E-state index in [0.29, 0.717) is 5.41 Å². The highest BCUT2D eigenvalue weighted by atomic mass is 15.3. The van der Waals surface area contributed by atoms with Gasteiger partial charge in [-0.25, -0.2) is 0 Å². The zero-order chi connectivity index (χ0) is 15.1. The zero-order valence-electron chi connectivity index (χ0n) is 14.9. The fourth-order valence-electron chi connectivity index (χ4n) is 4.50. The summed E-state index contributed by atoms with van der Waals surface area (Å²) in [5.74, 6) is 0. The van der Waals surface area contributed by atoms with Crippen LogP contribution in [0.15, 0.2) is 0 Å². The third-order valence-electron chi connectivity index (χ3n) is 5.59. The van der Waals surface area contributed by atoms with Crippen LogP contribution in [0.4, 0.5) is 0 Å². The summed E-state index contributed by atoms with van der Waals surface area (Å²) in [6, 6.07) is 0.898. The summed E-state index contributed by atoms with van der Waals surface area (Å²) in [5.41, 5.74) is 0.708. The predicted octanol–water partition coefficient (Wildman–Crippen LogP) is 4.54. The van der Waals surface area contributed by atoms with Gasteiger partial charge in [-0.3, -0.25) is 4.90 Å². The smallest absolute Gasteiger partial charge is 0.0212 e. The molecule has 1 atom stereocenters. The SMILES string of the molecule is CCCCCCCC(CCCCC)N1CC2(CN(C)C2)C1. The van der Waals surface area contributed by atoms with Crippen molar-refractivity contribution in [2.75, 3.05) is 33.2 Å². The second-order valence-electron chi connectivity index (χ2n) is 7.93. The molecule has 2 fully saturated rings. The molecule has 0 aromatic rings. The van der Waals surface area contributed by atoms with Crippen molar-refractivity contribution in [3.8, 4) is 0 Å². The molecular formula is C19H38N2. The number of rotatable bonds is 11. The van der Waals surface area contributed by atoms with E-state index >= 15 is 0 Å². The normalized spacial score (nSPS) is 23.0. The van der Waals surface area contributed by atoms with Crippen LogP contribution in [0.3, 0.4) is 0 Å². The van der Waals surface area contributed by atoms with Crippen LogP contribution in [-0.2, 0) is 0 Å². The lowest BCUT2D eigenvalue weighted by molar-refractivity contribution is -0.123. The first kappa shape index (κ1) is 17.3. The van der Waals surface area contributed by atoms with Gasteiger partial charge in [-0.15, -0.1) is 0 Å². The lowest BCUT2D eigenvalue weighted by atomic mass is 9.72. The van der Waals surface area contributed by atoms with E-state index in [2.05, 4.69) is 30.7 Å². The monoisotopic (exact) mass is 294 g/mol. The number of nitrogens with zero attached hydrogens (tertiary/aromatic N) is 2. The van der Waals surface area contributed by atoms with Crippen molar-refractivity contribution in [2.45, 2.75) is 84.1 Å². The molecular weight excluding hydrogens is 256 g/mol. The maximum atomic E-state index is 2.82. The molecule has 2 aliphatic rings. The molecule has 0 aromatic carbocycles. The van der Waals surface area contributed by atoms with Crippen LogP contribution in [0, 0.1) is 5.41 Å². The van der Waals surface area contributed by atoms with E-state index in [9.17, 15) is 0 Å². The van der Waals surface area contributed by atoms with Gasteiger partial charge in [0.2, 0.25) is 0 Å². The van der Waals surface area contributed by atoms with Crippen molar-refractivity contribution >= 4 is 0 Å². The van der Waals surface area contributed by atoms with Gasteiger partial charge in [-0.1, -0.05) is 65.2 Å². The van der Waals surface area contributed by atoms with Crippen LogP contribution in [0.25, 0.3) is 0 Å². The van der Waals surface area contributed by atoms with Crippen LogP contribution >= 0.6 is 0 Å². The molecule has 1 spiro atoms. The van der Waals surface area contributed by atoms with Crippen LogP contribution in [0.2, 0.25) is 0 Å². The Morgan fingerprint density at radius 3 is 1.86 bits per heavy atom. The van der Waals surface area contributed by atoms with Crippen molar-refractivity contribution in [1.82, 2.24) is 9.80 Å². The van der Waals surface area contributed by atoms with Gasteiger partial charge in [0, 0.05) is 37.6 Å². The summed E-state index contributed by atoms with van der Waals surface area (Å²) in [6.07, 6.45) is 14.3. The number of hydrogen-bond acceptors (Lipinski definition) is 2. The summed E-state index contributed by atoms with van der Waals surface area (Å²) in [4.78, 5) is 5.30. The maximum absolute atomic E-state index is 2.82. The van der Waals surface area contributed by atoms with E-state index in [1.807, 2.05) is 0 Å². The zero-order valence-corrected chi connectivity index (χ0v) is 14.9. The lowest BCUT2D eigenvalue weighted by Gasteiger charge is -2.61. The molecule has 0 saturated carbocycles. The molecule has 0 aromatic heterocycles. The van der Waals surface area contributed by atoms with Crippen LogP contribution in [0.5, 0.6) is 0 Å². The second kappa shape index (κ2) is 8.53. The molecule has 124 valence electrons. The van der Waals surface area contributed by atoms with Crippen LogP contribution in [-0.4, -0.2) is 49.1 Å². The van der Waals surface area contributed by atoms with Crippen LogP contribution < -0.4 is 0 Å². The Morgan fingerprint density at radius 1 is 0.762 bits per heavy atom. The Kier molecular flexibility index (Phi) is 7.01. The molecule has 0 radical (unpaired) electrons. The van der Waals surface area contributed by atoms with E-state index in [4.69, 9.17) is 0 Å². The third kappa shape index (κ3) is 4.96. The Morgan fingerprint density at radius 2 is 1.29 bits per heavy atom. The van der Waals surface area contributed by atoms with Gasteiger partial charge in [-0.05, 0) is 19.9 Å². The minimum absolute atomic E-state index is 0.708. The van der Waals surface area contributed by atoms with Gasteiger partial charge in [0.05, 0.1) is 0 Å². The van der Waals surface area contributed by atoms with E-state index in [0.717, 1.165) is 6.04 Å². The standard InChI is InChI=1S/C19H38N2/c1-4-6-8-9-11-13-18(12-10-7-5-2)21-16-19(17-21)14-20(3)15-19/h18H,4-17H2,1-3H3. The number of likely N-dealkylation sites (tertiary alicyclic amines) is 2. The molecule has 0 bridgehead atoms. The minimum Gasteiger partial charge on any atom is -0.305 e. The number of unbranched alkanes of at least 4 members (excludes halogenated alkanes) is 6. The predicted molar refractivity (Wildman–Crippen MR) is 92.8 cm³/mol. The fraction of sp³-hybridized carbons (Fsp3) is 1.00. The van der Waals surface area contributed by atoms with E-state index in [1.54, 1.807) is 0 Å². The summed E-state index contributed by atoms with van der Waals surface area (Å²) >= 11 is 0. The van der Waals surface area contributed by atoms with Gasteiger partial charge < -0.3 is 4.90 Å². The Balaban J connectivity index is 1.66. The van der Waals surface area contributed by atoms with E-state index < -0.39 is 0 Å². The van der Waals surface area contributed by atoms with Gasteiger partial charge in [0.15, 0.2) is 0 Å². The first-order valence-electron chi connectivity index (χ1n) is 9.62. The van der Waals surface area contributed by atoms with Gasteiger partial charge in [0.25, 0.3) is 0 Å². The average Bonchev–Trinajstić information content (AvgIpc) is 2.39. The highest BCUT2D eigenvalue weighted by molar-refractivity contribution is 5.06. The molecule has 2 nitrogen and oxygen atoms in total. The number of hydrogen-bond donors (Lipinski definition) is 0. The Hall–Kier alpha value is -0.0800. The minimum atomic E-state index is 0.708. The molecule has 2 saturated heterocycles. The van der Waals surface area contributed by atoms with Crippen molar-refractivity contribution < 1.29 is 0 Å².